The van der Waals surface area contributed by atoms with Crippen LogP contribution in [0.25, 0.3) is 0 Å². The summed E-state index contributed by atoms with van der Waals surface area (Å²) in [6, 6.07) is 6.86. The first-order valence-corrected chi connectivity index (χ1v) is 6.56. The second kappa shape index (κ2) is 6.08. The lowest BCUT2D eigenvalue weighted by Gasteiger charge is -2.15. The molecule has 2 heterocycles. The minimum Gasteiger partial charge on any atom is -0.324 e. The van der Waals surface area contributed by atoms with Crippen molar-refractivity contribution in [3.8, 4) is 0 Å². The Morgan fingerprint density at radius 2 is 2.18 bits per heavy atom. The molecule has 0 fully saturated rings. The van der Waals surface area contributed by atoms with E-state index in [0.717, 1.165) is 5.56 Å². The summed E-state index contributed by atoms with van der Waals surface area (Å²) in [7, 11) is 0. The Morgan fingerprint density at radius 1 is 1.32 bits per heavy atom. The number of aromatic nitrogens is 3. The van der Waals surface area contributed by atoms with Crippen molar-refractivity contribution in [2.24, 2.45) is 10.2 Å². The summed E-state index contributed by atoms with van der Waals surface area (Å²) in [6.07, 6.45) is 5.85. The molecule has 0 saturated heterocycles. The first-order chi connectivity index (χ1) is 10.7. The van der Waals surface area contributed by atoms with Gasteiger partial charge < -0.3 is 5.32 Å². The van der Waals surface area contributed by atoms with Crippen LogP contribution in [0.5, 0.6) is 0 Å². The van der Waals surface area contributed by atoms with Gasteiger partial charge in [0.2, 0.25) is 5.91 Å². The Kier molecular flexibility index (Phi) is 3.82. The van der Waals surface area contributed by atoms with Gasteiger partial charge in [-0.3, -0.25) is 9.59 Å². The first kappa shape index (κ1) is 13.8. The number of nitrogens with one attached hydrogen (secondary N) is 1. The molecule has 1 unspecified atom stereocenters. The normalized spacial score (nSPS) is 16.7. The number of para-hydroxylation sites is 1. The highest BCUT2D eigenvalue weighted by Crippen LogP contribution is 2.28. The van der Waals surface area contributed by atoms with Crippen molar-refractivity contribution in [1.29, 1.82) is 0 Å². The van der Waals surface area contributed by atoms with Gasteiger partial charge in [0, 0.05) is 17.3 Å². The number of azo groups is 1. The predicted octanol–water partition coefficient (Wildman–Crippen LogP) is 1.51. The van der Waals surface area contributed by atoms with Crippen molar-refractivity contribution in [2.75, 3.05) is 5.32 Å². The molecule has 0 saturated carbocycles. The van der Waals surface area contributed by atoms with Crippen molar-refractivity contribution in [3.63, 3.8) is 0 Å². The van der Waals surface area contributed by atoms with Crippen LogP contribution in [0.2, 0.25) is 0 Å². The molecule has 110 valence electrons. The van der Waals surface area contributed by atoms with Gasteiger partial charge in [-0.2, -0.15) is 10.2 Å². The summed E-state index contributed by atoms with van der Waals surface area (Å²) in [5.41, 5.74) is 1.39. The quantitative estimate of drug-likeness (QED) is 0.923. The minimum absolute atomic E-state index is 0.0643. The fraction of sp³-hybridized carbons (Fsp3) is 0.143. The molecule has 0 radical (unpaired) electrons. The SMILES string of the molecule is O=C1C=CC(c2ccccc2NC(=O)Cn2cncn2)N=N1. The highest BCUT2D eigenvalue weighted by atomic mass is 16.2. The predicted molar refractivity (Wildman–Crippen MR) is 76.8 cm³/mol. The summed E-state index contributed by atoms with van der Waals surface area (Å²) in [5.74, 6) is -0.616. The van der Waals surface area contributed by atoms with Crippen molar-refractivity contribution in [2.45, 2.75) is 12.6 Å². The zero-order valence-corrected chi connectivity index (χ0v) is 11.5. The van der Waals surface area contributed by atoms with E-state index in [2.05, 4.69) is 25.6 Å². The number of amides is 2. The molecule has 1 N–H and O–H groups in total. The van der Waals surface area contributed by atoms with Gasteiger partial charge >= 0.3 is 0 Å². The van der Waals surface area contributed by atoms with E-state index in [9.17, 15) is 9.59 Å². The third-order valence-corrected chi connectivity index (χ3v) is 3.03. The highest BCUT2D eigenvalue weighted by molar-refractivity contribution is 5.92. The molecule has 0 aliphatic carbocycles. The molecule has 2 aromatic rings. The Labute approximate surface area is 125 Å². The van der Waals surface area contributed by atoms with Crippen molar-refractivity contribution in [1.82, 2.24) is 14.8 Å². The number of carbonyl (C=O) groups excluding carboxylic acids is 2. The van der Waals surface area contributed by atoms with E-state index < -0.39 is 0 Å². The van der Waals surface area contributed by atoms with E-state index in [-0.39, 0.29) is 24.4 Å². The van der Waals surface area contributed by atoms with E-state index >= 15 is 0 Å². The molecule has 1 aliphatic rings. The molecule has 2 amide bonds. The molecule has 8 nitrogen and oxygen atoms in total. The smallest absolute Gasteiger partial charge is 0.287 e. The Balaban J connectivity index is 1.77. The maximum Gasteiger partial charge on any atom is 0.287 e. The lowest BCUT2D eigenvalue weighted by Crippen LogP contribution is -2.20. The largest absolute Gasteiger partial charge is 0.324 e. The minimum atomic E-state index is -0.388. The van der Waals surface area contributed by atoms with Gasteiger partial charge in [0.05, 0.1) is 0 Å². The average molecular weight is 296 g/mol. The van der Waals surface area contributed by atoms with Gasteiger partial charge in [-0.1, -0.05) is 18.2 Å². The van der Waals surface area contributed by atoms with Crippen molar-refractivity contribution < 1.29 is 9.59 Å². The lowest BCUT2D eigenvalue weighted by atomic mass is 10.0. The third kappa shape index (κ3) is 3.11. The van der Waals surface area contributed by atoms with Gasteiger partial charge in [0.15, 0.2) is 0 Å². The summed E-state index contributed by atoms with van der Waals surface area (Å²) in [4.78, 5) is 26.9. The van der Waals surface area contributed by atoms with E-state index in [4.69, 9.17) is 0 Å². The molecule has 0 bridgehead atoms. The number of benzene rings is 1. The van der Waals surface area contributed by atoms with Crippen molar-refractivity contribution >= 4 is 17.5 Å². The molecule has 22 heavy (non-hydrogen) atoms. The zero-order chi connectivity index (χ0) is 15.4. The van der Waals surface area contributed by atoms with E-state index in [0.29, 0.717) is 5.69 Å². The highest BCUT2D eigenvalue weighted by Gasteiger charge is 2.16. The van der Waals surface area contributed by atoms with Crippen LogP contribution >= 0.6 is 0 Å². The maximum absolute atomic E-state index is 12.0. The van der Waals surface area contributed by atoms with Gasteiger partial charge in [-0.05, 0) is 12.1 Å². The molecule has 1 aliphatic heterocycles. The Hall–Kier alpha value is -3.16. The lowest BCUT2D eigenvalue weighted by molar-refractivity contribution is -0.117. The average Bonchev–Trinajstić information content (AvgIpc) is 3.01. The number of nitrogens with zero attached hydrogens (tertiary/aromatic N) is 5. The fourth-order valence-electron chi connectivity index (χ4n) is 2.05. The van der Waals surface area contributed by atoms with Crippen LogP contribution < -0.4 is 5.32 Å². The molecule has 1 atom stereocenters. The summed E-state index contributed by atoms with van der Waals surface area (Å²) in [6.45, 7) is 0.0643. The van der Waals surface area contributed by atoms with Gasteiger partial charge in [-0.25, -0.2) is 9.67 Å². The van der Waals surface area contributed by atoms with Gasteiger partial charge in [0.1, 0.15) is 25.2 Å². The second-order valence-corrected chi connectivity index (χ2v) is 4.59. The number of hydrogen-bond donors (Lipinski definition) is 1. The van der Waals surface area contributed by atoms with Crippen LogP contribution in [0.4, 0.5) is 5.69 Å². The Bertz CT molecular complexity index is 734. The first-order valence-electron chi connectivity index (χ1n) is 6.56. The Morgan fingerprint density at radius 3 is 2.91 bits per heavy atom. The summed E-state index contributed by atoms with van der Waals surface area (Å²) >= 11 is 0. The topological polar surface area (TPSA) is 102 Å². The monoisotopic (exact) mass is 296 g/mol. The van der Waals surface area contributed by atoms with Crippen LogP contribution in [0.3, 0.4) is 0 Å². The molecular weight excluding hydrogens is 284 g/mol. The van der Waals surface area contributed by atoms with E-state index in [1.54, 1.807) is 12.1 Å². The molecular formula is C14H12N6O2. The van der Waals surface area contributed by atoms with Crippen LogP contribution in [-0.4, -0.2) is 26.6 Å². The van der Waals surface area contributed by atoms with Crippen molar-refractivity contribution in [3.05, 3.63) is 54.6 Å². The van der Waals surface area contributed by atoms with Gasteiger partial charge in [-0.15, -0.1) is 5.11 Å². The standard InChI is InChI=1S/C14H12N6O2/c21-13-6-5-12(18-19-13)10-3-1-2-4-11(10)17-14(22)7-20-9-15-8-16-20/h1-6,8-9,12H,7H2,(H,17,22). The van der Waals surface area contributed by atoms with E-state index in [1.807, 2.05) is 18.2 Å². The number of hydrogen-bond acceptors (Lipinski definition) is 5. The fourth-order valence-corrected chi connectivity index (χ4v) is 2.05. The summed E-state index contributed by atoms with van der Waals surface area (Å²) in [5, 5.41) is 14.2. The van der Waals surface area contributed by atoms with E-state index in [1.165, 1.54) is 23.4 Å². The van der Waals surface area contributed by atoms with Crippen LogP contribution in [-0.2, 0) is 16.1 Å². The molecule has 1 aromatic heterocycles. The number of carbonyl (C=O) groups is 2. The number of rotatable bonds is 4. The van der Waals surface area contributed by atoms with Gasteiger partial charge in [0.25, 0.3) is 5.91 Å². The molecule has 0 spiro atoms. The zero-order valence-electron chi connectivity index (χ0n) is 11.5. The maximum atomic E-state index is 12.0. The summed E-state index contributed by atoms with van der Waals surface area (Å²) < 4.78 is 1.43. The molecule has 1 aromatic carbocycles. The third-order valence-electron chi connectivity index (χ3n) is 3.03. The molecule has 3 rings (SSSR count). The second-order valence-electron chi connectivity index (χ2n) is 4.59. The molecule has 8 heteroatoms. The van der Waals surface area contributed by atoms with Crippen LogP contribution in [0.15, 0.2) is 59.3 Å². The van der Waals surface area contributed by atoms with Crippen LogP contribution in [0.1, 0.15) is 11.6 Å². The number of anilines is 1. The van der Waals surface area contributed by atoms with Crippen LogP contribution in [0, 0.1) is 0 Å².